The zero-order chi connectivity index (χ0) is 21.0. The summed E-state index contributed by atoms with van der Waals surface area (Å²) in [6, 6.07) is 11.6. The van der Waals surface area contributed by atoms with Gasteiger partial charge >= 0.3 is 0 Å². The molecule has 1 aliphatic rings. The summed E-state index contributed by atoms with van der Waals surface area (Å²) in [5.41, 5.74) is 2.05. The van der Waals surface area contributed by atoms with Crippen molar-refractivity contribution in [3.05, 3.63) is 53.6 Å². The summed E-state index contributed by atoms with van der Waals surface area (Å²) in [6.07, 6.45) is 2.36. The van der Waals surface area contributed by atoms with Crippen LogP contribution < -0.4 is 14.2 Å². The van der Waals surface area contributed by atoms with E-state index in [1.807, 2.05) is 12.1 Å². The normalized spacial score (nSPS) is 14.6. The predicted molar refractivity (Wildman–Crippen MR) is 109 cm³/mol. The van der Waals surface area contributed by atoms with E-state index < -0.39 is 10.0 Å². The first-order chi connectivity index (χ1) is 13.9. The first-order valence-corrected chi connectivity index (χ1v) is 10.4. The Morgan fingerprint density at radius 3 is 2.24 bits per heavy atom. The lowest BCUT2D eigenvalue weighted by Gasteiger charge is -2.27. The van der Waals surface area contributed by atoms with Crippen molar-refractivity contribution in [3.8, 4) is 23.3 Å². The highest BCUT2D eigenvalue weighted by atomic mass is 32.2. The van der Waals surface area contributed by atoms with E-state index in [0.29, 0.717) is 35.8 Å². The molecule has 152 valence electrons. The van der Waals surface area contributed by atoms with E-state index >= 15 is 0 Å². The summed E-state index contributed by atoms with van der Waals surface area (Å²) in [5.74, 6) is 1.82. The van der Waals surface area contributed by atoms with Gasteiger partial charge in [0.25, 0.3) is 0 Å². The van der Waals surface area contributed by atoms with E-state index in [1.165, 1.54) is 16.4 Å². The van der Waals surface area contributed by atoms with Crippen molar-refractivity contribution in [2.24, 2.45) is 0 Å². The van der Waals surface area contributed by atoms with Gasteiger partial charge in [0.05, 0.1) is 43.4 Å². The molecule has 7 nitrogen and oxygen atoms in total. The molecular weight excluding hydrogens is 392 g/mol. The maximum absolute atomic E-state index is 12.9. The van der Waals surface area contributed by atoms with Crippen LogP contribution >= 0.6 is 0 Å². The number of nitriles is 1. The van der Waals surface area contributed by atoms with Crippen LogP contribution in [0.15, 0.2) is 47.4 Å². The van der Waals surface area contributed by atoms with E-state index in [2.05, 4.69) is 0 Å². The second-order valence-electron chi connectivity index (χ2n) is 6.39. The largest absolute Gasteiger partial charge is 0.496 e. The third-order valence-corrected chi connectivity index (χ3v) is 6.67. The van der Waals surface area contributed by atoms with Gasteiger partial charge in [-0.2, -0.15) is 9.57 Å². The fourth-order valence-corrected chi connectivity index (χ4v) is 4.72. The Hall–Kier alpha value is -3.02. The van der Waals surface area contributed by atoms with Gasteiger partial charge in [-0.3, -0.25) is 0 Å². The quantitative estimate of drug-likeness (QED) is 0.722. The minimum absolute atomic E-state index is 0.119. The fraction of sp³-hybridized carbons (Fsp3) is 0.286. The second-order valence-corrected chi connectivity index (χ2v) is 8.33. The Kier molecular flexibility index (Phi) is 6.11. The first kappa shape index (κ1) is 20.7. The van der Waals surface area contributed by atoms with Gasteiger partial charge < -0.3 is 14.2 Å². The molecule has 2 aromatic carbocycles. The van der Waals surface area contributed by atoms with Crippen molar-refractivity contribution in [2.75, 3.05) is 34.4 Å². The third kappa shape index (κ3) is 4.06. The summed E-state index contributed by atoms with van der Waals surface area (Å²) >= 11 is 0. The van der Waals surface area contributed by atoms with Gasteiger partial charge in [0.1, 0.15) is 17.2 Å². The van der Waals surface area contributed by atoms with Gasteiger partial charge in [-0.1, -0.05) is 12.1 Å². The summed E-state index contributed by atoms with van der Waals surface area (Å²) in [5, 5.41) is 9.03. The van der Waals surface area contributed by atoms with Crippen LogP contribution in [0.5, 0.6) is 17.2 Å². The number of sulfonamides is 1. The van der Waals surface area contributed by atoms with Crippen LogP contribution in [0.2, 0.25) is 0 Å². The highest BCUT2D eigenvalue weighted by molar-refractivity contribution is 7.89. The topological polar surface area (TPSA) is 88.9 Å². The van der Waals surface area contributed by atoms with Crippen LogP contribution in [0.25, 0.3) is 5.57 Å². The summed E-state index contributed by atoms with van der Waals surface area (Å²) in [7, 11) is 1.02. The second kappa shape index (κ2) is 8.55. The minimum atomic E-state index is -3.69. The predicted octanol–water partition coefficient (Wildman–Crippen LogP) is 3.06. The van der Waals surface area contributed by atoms with E-state index in [9.17, 15) is 8.42 Å². The maximum Gasteiger partial charge on any atom is 0.243 e. The monoisotopic (exact) mass is 414 g/mol. The molecule has 0 bridgehead atoms. The van der Waals surface area contributed by atoms with E-state index in [4.69, 9.17) is 19.5 Å². The molecule has 0 amide bonds. The smallest absolute Gasteiger partial charge is 0.243 e. The molecule has 3 rings (SSSR count). The average Bonchev–Trinajstić information content (AvgIpc) is 2.78. The van der Waals surface area contributed by atoms with Crippen molar-refractivity contribution in [1.82, 2.24) is 4.31 Å². The Labute approximate surface area is 170 Å². The van der Waals surface area contributed by atoms with E-state index in [-0.39, 0.29) is 11.4 Å². The van der Waals surface area contributed by atoms with Crippen LogP contribution in [-0.2, 0) is 10.0 Å². The highest BCUT2D eigenvalue weighted by Gasteiger charge is 2.28. The van der Waals surface area contributed by atoms with E-state index in [1.54, 1.807) is 45.6 Å². The Morgan fingerprint density at radius 2 is 1.72 bits per heavy atom. The molecular formula is C21H22N2O5S. The molecule has 2 aromatic rings. The zero-order valence-electron chi connectivity index (χ0n) is 16.5. The Morgan fingerprint density at radius 1 is 1.03 bits per heavy atom. The molecule has 29 heavy (non-hydrogen) atoms. The number of benzene rings is 2. The Balaban J connectivity index is 1.92. The molecule has 0 radical (unpaired) electrons. The van der Waals surface area contributed by atoms with Crippen molar-refractivity contribution in [1.29, 1.82) is 5.26 Å². The molecule has 0 saturated carbocycles. The molecule has 0 saturated heterocycles. The van der Waals surface area contributed by atoms with Gasteiger partial charge in [-0.25, -0.2) is 8.42 Å². The number of nitrogens with zero attached hydrogens (tertiary/aromatic N) is 2. The van der Waals surface area contributed by atoms with Crippen molar-refractivity contribution >= 4 is 15.6 Å². The minimum Gasteiger partial charge on any atom is -0.496 e. The van der Waals surface area contributed by atoms with Crippen molar-refractivity contribution in [3.63, 3.8) is 0 Å². The summed E-state index contributed by atoms with van der Waals surface area (Å²) in [6.45, 7) is 0.524. The first-order valence-electron chi connectivity index (χ1n) is 8.94. The van der Waals surface area contributed by atoms with Gasteiger partial charge in [-0.15, -0.1) is 0 Å². The molecule has 1 heterocycles. The van der Waals surface area contributed by atoms with Gasteiger partial charge in [0, 0.05) is 25.2 Å². The molecule has 0 unspecified atom stereocenters. The number of hydrogen-bond donors (Lipinski definition) is 0. The zero-order valence-corrected chi connectivity index (χ0v) is 17.3. The summed E-state index contributed by atoms with van der Waals surface area (Å²) < 4.78 is 43.6. The van der Waals surface area contributed by atoms with Crippen LogP contribution in [0, 0.1) is 11.3 Å². The van der Waals surface area contributed by atoms with Crippen LogP contribution in [0.1, 0.15) is 17.5 Å². The molecule has 0 fully saturated rings. The van der Waals surface area contributed by atoms with Crippen LogP contribution in [0.4, 0.5) is 0 Å². The number of hydrogen-bond acceptors (Lipinski definition) is 6. The molecule has 8 heteroatoms. The van der Waals surface area contributed by atoms with Crippen molar-refractivity contribution in [2.45, 2.75) is 11.3 Å². The SMILES string of the molecule is COc1cc(OC)c(C2=CCN(S(=O)(=O)c3cccc(C#N)c3)CC2)c(OC)c1. The van der Waals surface area contributed by atoms with Gasteiger partial charge in [-0.05, 0) is 30.2 Å². The van der Waals surface area contributed by atoms with E-state index in [0.717, 1.165) is 11.1 Å². The standard InChI is InChI=1S/C21H22N2O5S/c1-26-17-12-19(27-2)21(20(13-17)28-3)16-7-9-23(10-8-16)29(24,25)18-6-4-5-15(11-18)14-22/h4-7,11-13H,8-10H2,1-3H3. The highest BCUT2D eigenvalue weighted by Crippen LogP contribution is 2.41. The number of rotatable bonds is 6. The lowest BCUT2D eigenvalue weighted by molar-refractivity contribution is 0.372. The summed E-state index contributed by atoms with van der Waals surface area (Å²) in [4.78, 5) is 0.119. The number of methoxy groups -OCH3 is 3. The van der Waals surface area contributed by atoms with Gasteiger partial charge in [0.15, 0.2) is 0 Å². The van der Waals surface area contributed by atoms with Crippen LogP contribution in [-0.4, -0.2) is 47.1 Å². The molecule has 1 aliphatic heterocycles. The lowest BCUT2D eigenvalue weighted by Crippen LogP contribution is -2.34. The average molecular weight is 414 g/mol. The van der Waals surface area contributed by atoms with Crippen LogP contribution in [0.3, 0.4) is 0 Å². The third-order valence-electron chi connectivity index (χ3n) is 4.81. The fourth-order valence-electron chi connectivity index (χ4n) is 3.29. The maximum atomic E-state index is 12.9. The lowest BCUT2D eigenvalue weighted by atomic mass is 9.98. The number of ether oxygens (including phenoxy) is 3. The molecule has 0 atom stereocenters. The molecule has 0 spiro atoms. The Bertz CT molecular complexity index is 1060. The molecule has 0 aliphatic carbocycles. The van der Waals surface area contributed by atoms with Gasteiger partial charge in [0.2, 0.25) is 10.0 Å². The molecule has 0 aromatic heterocycles. The van der Waals surface area contributed by atoms with Crippen molar-refractivity contribution < 1.29 is 22.6 Å². The molecule has 0 N–H and O–H groups in total.